The fraction of sp³-hybridized carbons (Fsp3) is 0.562. The van der Waals surface area contributed by atoms with Crippen molar-refractivity contribution in [2.75, 3.05) is 17.3 Å². The third kappa shape index (κ3) is 21.3. The van der Waals surface area contributed by atoms with Crippen molar-refractivity contribution in [1.82, 2.24) is 25.5 Å². The number of amides is 3. The number of thiol groups is 3. The molecule has 0 unspecified atom stereocenters. The van der Waals surface area contributed by atoms with Crippen LogP contribution in [-0.4, -0.2) is 79.9 Å². The van der Waals surface area contributed by atoms with Crippen molar-refractivity contribution in [1.29, 1.82) is 0 Å². The van der Waals surface area contributed by atoms with Crippen LogP contribution in [0.2, 0.25) is 0 Å². The van der Waals surface area contributed by atoms with Gasteiger partial charge >= 0.3 is 74.4 Å². The van der Waals surface area contributed by atoms with Gasteiger partial charge in [-0.1, -0.05) is 0 Å². The van der Waals surface area contributed by atoms with Crippen molar-refractivity contribution in [3.05, 3.63) is 18.2 Å². The summed E-state index contributed by atoms with van der Waals surface area (Å²) in [6.07, 6.45) is 1.63. The number of hydrogen-bond donors (Lipinski definition) is 8. The number of carbonyl (C=O) groups excluding carboxylic acids is 3. The van der Waals surface area contributed by atoms with Crippen molar-refractivity contribution < 1.29 is 92.6 Å². The Hall–Kier alpha value is 1.58. The zero-order valence-corrected chi connectivity index (χ0v) is 29.6. The van der Waals surface area contributed by atoms with Crippen molar-refractivity contribution in [3.63, 3.8) is 0 Å². The molecule has 0 spiro atoms. The van der Waals surface area contributed by atoms with Gasteiger partial charge in [-0.15, -0.1) is 0 Å². The molecule has 11 nitrogen and oxygen atoms in total. The first-order valence-electron chi connectivity index (χ1n) is 8.88. The standard InChI is InChI=1S/C16H26N6O5S3.4Fe.4S/c1-8(2-9-3-22(7-18-9)16(26)27)19-14(24)11(5-29)21-15(25)12(6-30)20-13(23)10(17)4-28;;;;;;;;/h3,7-8,10-12,28-30H,2,4-6,17H2,1H3,(H,19,24)(H,20,23)(H,21,25)(H,26,27);;;;;;;;/q;4*+2;4*-2/t8-,10+,11+,12+;;;;;;;;/m1......../s1. The number of nitrogens with one attached hydrogen (secondary N) is 3. The molecular weight excluding hydrogens is 804 g/mol. The van der Waals surface area contributed by atoms with Crippen LogP contribution >= 0.6 is 37.9 Å². The minimum Gasteiger partial charge on any atom is -2.00 e. The fourth-order valence-corrected chi connectivity index (χ4v) is 2.98. The van der Waals surface area contributed by atoms with E-state index in [1.54, 1.807) is 6.92 Å². The molecule has 38 heavy (non-hydrogen) atoms. The van der Waals surface area contributed by atoms with Gasteiger partial charge in [0.25, 0.3) is 0 Å². The Bertz CT molecular complexity index is 791. The maximum atomic E-state index is 12.5. The minimum absolute atomic E-state index is 0. The Labute approximate surface area is 309 Å². The number of imidazole rings is 1. The molecule has 22 heteroatoms. The molecule has 0 aromatic carbocycles. The van der Waals surface area contributed by atoms with E-state index in [-0.39, 0.29) is 152 Å². The van der Waals surface area contributed by atoms with Crippen LogP contribution in [-0.2, 0) is 143 Å². The SMILES string of the molecule is C[C@H](Cc1cn(C(=O)O)cn1)NC(=O)[C@H](CS)NC(=O)[C@H](CS)NC(=O)[C@@H](N)CS.[Fe+2].[Fe+2].[Fe+2].[Fe+2].[S-2].[S-2].[S-2].[S-2]. The molecule has 4 atom stereocenters. The number of carboxylic acid groups (broad SMARTS) is 1. The maximum Gasteiger partial charge on any atom is 2.00 e. The number of hydrogen-bond acceptors (Lipinski definition) is 9. The Balaban J connectivity index is -0.000000187. The largest absolute Gasteiger partial charge is 2.00 e. The van der Waals surface area contributed by atoms with Gasteiger partial charge < -0.3 is 80.8 Å². The first-order chi connectivity index (χ1) is 14.1. The van der Waals surface area contributed by atoms with Crippen molar-refractivity contribution >= 4 is 116 Å². The predicted octanol–water partition coefficient (Wildman–Crippen LogP) is -1.48. The van der Waals surface area contributed by atoms with E-state index in [9.17, 15) is 19.2 Å². The zero-order chi connectivity index (χ0) is 22.8. The molecule has 0 saturated carbocycles. The minimum atomic E-state index is -1.16. The van der Waals surface area contributed by atoms with E-state index < -0.39 is 41.9 Å². The summed E-state index contributed by atoms with van der Waals surface area (Å²) < 4.78 is 0.909. The average Bonchev–Trinajstić information content (AvgIpc) is 3.17. The number of rotatable bonds is 11. The van der Waals surface area contributed by atoms with Crippen molar-refractivity contribution in [2.45, 2.75) is 37.5 Å². The second kappa shape index (κ2) is 31.5. The molecule has 0 aliphatic rings. The van der Waals surface area contributed by atoms with E-state index in [4.69, 9.17) is 10.8 Å². The van der Waals surface area contributed by atoms with Crippen molar-refractivity contribution in [3.8, 4) is 0 Å². The van der Waals surface area contributed by atoms with Crippen LogP contribution in [0.3, 0.4) is 0 Å². The van der Waals surface area contributed by atoms with Gasteiger partial charge in [0.05, 0.1) is 11.7 Å². The van der Waals surface area contributed by atoms with Crippen LogP contribution in [0.4, 0.5) is 4.79 Å². The normalized spacial score (nSPS) is 11.7. The predicted molar refractivity (Wildman–Crippen MR) is 150 cm³/mol. The van der Waals surface area contributed by atoms with Gasteiger partial charge in [-0.05, 0) is 6.92 Å². The van der Waals surface area contributed by atoms with E-state index in [0.29, 0.717) is 5.69 Å². The first kappa shape index (κ1) is 59.1. The second-order valence-electron chi connectivity index (χ2n) is 6.45. The van der Waals surface area contributed by atoms with Gasteiger partial charge in [-0.3, -0.25) is 14.4 Å². The van der Waals surface area contributed by atoms with Crippen molar-refractivity contribution in [2.24, 2.45) is 5.73 Å². The van der Waals surface area contributed by atoms with Crippen LogP contribution in [0.5, 0.6) is 0 Å². The molecule has 0 fully saturated rings. The Morgan fingerprint density at radius 2 is 1.29 bits per heavy atom. The van der Waals surface area contributed by atoms with E-state index in [1.165, 1.54) is 6.20 Å². The number of aromatic nitrogens is 2. The van der Waals surface area contributed by atoms with Crippen LogP contribution in [0.1, 0.15) is 12.6 Å². The van der Waals surface area contributed by atoms with Gasteiger partial charge in [0, 0.05) is 35.9 Å². The molecule has 1 rings (SSSR count). The summed E-state index contributed by atoms with van der Waals surface area (Å²) in [6, 6.07) is -3.21. The molecule has 3 amide bonds. The monoisotopic (exact) mass is 830 g/mol. The van der Waals surface area contributed by atoms with E-state index in [2.05, 4.69) is 58.8 Å². The van der Waals surface area contributed by atoms with Crippen LogP contribution in [0.15, 0.2) is 12.5 Å². The van der Waals surface area contributed by atoms with E-state index in [0.717, 1.165) is 10.9 Å². The smallest absolute Gasteiger partial charge is 2.00 e. The summed E-state index contributed by atoms with van der Waals surface area (Å²) in [5, 5.41) is 16.6. The van der Waals surface area contributed by atoms with E-state index >= 15 is 0 Å². The number of carbonyl (C=O) groups is 4. The molecule has 0 radical (unpaired) electrons. The van der Waals surface area contributed by atoms with Gasteiger partial charge in [0.15, 0.2) is 0 Å². The maximum absolute atomic E-state index is 12.5. The number of nitrogens with two attached hydrogens (primary N) is 1. The Morgan fingerprint density at radius 3 is 1.66 bits per heavy atom. The molecule has 6 N–H and O–H groups in total. The fourth-order valence-electron chi connectivity index (χ4n) is 2.30. The van der Waals surface area contributed by atoms with Gasteiger partial charge in [-0.2, -0.15) is 37.9 Å². The molecule has 0 bridgehead atoms. The number of nitrogens with zero attached hydrogens (tertiary/aromatic N) is 2. The summed E-state index contributed by atoms with van der Waals surface area (Å²) in [5.74, 6) is -1.52. The van der Waals surface area contributed by atoms with Gasteiger partial charge in [-0.25, -0.2) is 14.3 Å². The average molecular weight is 830 g/mol. The molecular formula is C16H26Fe4N6O5S7. The summed E-state index contributed by atoms with van der Waals surface area (Å²) >= 11 is 12.1. The molecule has 224 valence electrons. The summed E-state index contributed by atoms with van der Waals surface area (Å²) in [5.41, 5.74) is 6.05. The van der Waals surface area contributed by atoms with Crippen LogP contribution in [0.25, 0.3) is 0 Å². The van der Waals surface area contributed by atoms with Gasteiger partial charge in [0.1, 0.15) is 18.4 Å². The third-order valence-corrected chi connectivity index (χ3v) is 5.05. The molecule has 0 aliphatic heterocycles. The second-order valence-corrected chi connectivity index (χ2v) is 7.54. The zero-order valence-electron chi connectivity index (χ0n) is 19.2. The molecule has 0 aliphatic carbocycles. The summed E-state index contributed by atoms with van der Waals surface area (Å²) in [4.78, 5) is 51.6. The topological polar surface area (TPSA) is 168 Å². The quantitative estimate of drug-likeness (QED) is 0.0996. The molecule has 1 aromatic rings. The van der Waals surface area contributed by atoms with E-state index in [1.807, 2.05) is 0 Å². The molecule has 0 saturated heterocycles. The van der Waals surface area contributed by atoms with Crippen LogP contribution < -0.4 is 21.7 Å². The van der Waals surface area contributed by atoms with Crippen LogP contribution in [0, 0.1) is 0 Å². The molecule has 1 heterocycles. The molecule has 1 aromatic heterocycles. The summed E-state index contributed by atoms with van der Waals surface area (Å²) in [7, 11) is 0. The first-order valence-corrected chi connectivity index (χ1v) is 10.8. The third-order valence-electron chi connectivity index (χ3n) is 3.93. The Kier molecular flexibility index (Phi) is 49.0. The summed E-state index contributed by atoms with van der Waals surface area (Å²) in [6.45, 7) is 1.71. The Morgan fingerprint density at radius 1 is 0.868 bits per heavy atom. The van der Waals surface area contributed by atoms with Gasteiger partial charge in [0.2, 0.25) is 17.7 Å².